The number of hydrogen-bond donors (Lipinski definition) is 0. The molecule has 0 unspecified atom stereocenters. The van der Waals surface area contributed by atoms with Crippen molar-refractivity contribution in [2.24, 2.45) is 0 Å². The molecule has 1 aliphatic rings. The van der Waals surface area contributed by atoms with Crippen molar-refractivity contribution in [1.29, 1.82) is 0 Å². The molecule has 0 N–H and O–H groups in total. The quantitative estimate of drug-likeness (QED) is 0.532. The highest BCUT2D eigenvalue weighted by Crippen LogP contribution is 2.17. The molecule has 5 nitrogen and oxygen atoms in total. The molecule has 5 heteroatoms. The third kappa shape index (κ3) is 4.33. The van der Waals surface area contributed by atoms with Crippen LogP contribution >= 0.6 is 0 Å². The first-order valence-corrected chi connectivity index (χ1v) is 5.22. The number of carbonyl (C=O) groups is 2. The maximum Gasteiger partial charge on any atom is 0.508 e. The van der Waals surface area contributed by atoms with Crippen molar-refractivity contribution >= 4 is 12.1 Å². The minimum Gasteiger partial charge on any atom is -0.458 e. The number of esters is 1. The molecular weight excluding hydrogens is 212 g/mol. The molecule has 0 saturated heterocycles. The summed E-state index contributed by atoms with van der Waals surface area (Å²) in [6, 6.07) is 0. The van der Waals surface area contributed by atoms with E-state index in [4.69, 9.17) is 9.47 Å². The Morgan fingerprint density at radius 2 is 1.69 bits per heavy atom. The van der Waals surface area contributed by atoms with E-state index in [1.54, 1.807) is 12.2 Å². The average Bonchev–Trinajstić information content (AvgIpc) is 2.43. The highest BCUT2D eigenvalue weighted by Gasteiger charge is 2.18. The first-order chi connectivity index (χ1) is 7.61. The van der Waals surface area contributed by atoms with E-state index in [0.717, 1.165) is 12.8 Å². The van der Waals surface area contributed by atoms with E-state index in [-0.39, 0.29) is 18.2 Å². The van der Waals surface area contributed by atoms with Gasteiger partial charge in [0.25, 0.3) is 0 Å². The molecule has 0 aromatic carbocycles. The Bertz CT molecular complexity index is 284. The Labute approximate surface area is 94.4 Å². The van der Waals surface area contributed by atoms with Crippen molar-refractivity contribution in [1.82, 2.24) is 0 Å². The topological polar surface area (TPSA) is 61.8 Å². The monoisotopic (exact) mass is 228 g/mol. The first kappa shape index (κ1) is 12.5. The zero-order valence-corrected chi connectivity index (χ0v) is 9.47. The molecule has 0 bridgehead atoms. The molecule has 0 saturated carbocycles. The normalized spacial score (nSPS) is 24.4. The molecule has 0 amide bonds. The summed E-state index contributed by atoms with van der Waals surface area (Å²) in [5.41, 5.74) is 0. The molecule has 90 valence electrons. The maximum atomic E-state index is 10.9. The lowest BCUT2D eigenvalue weighted by molar-refractivity contribution is -0.144. The predicted molar refractivity (Wildman–Crippen MR) is 55.8 cm³/mol. The van der Waals surface area contributed by atoms with E-state index in [1.807, 2.05) is 0 Å². The summed E-state index contributed by atoms with van der Waals surface area (Å²) in [6.07, 6.45) is 4.56. The lowest BCUT2D eigenvalue weighted by Crippen LogP contribution is -2.15. The fourth-order valence-corrected chi connectivity index (χ4v) is 1.54. The van der Waals surface area contributed by atoms with Gasteiger partial charge >= 0.3 is 12.1 Å². The molecule has 0 aromatic rings. The SMILES string of the molecule is COC(=O)O[C@H]1C=C[C@@H](OC(C)=O)CCC1. The summed E-state index contributed by atoms with van der Waals surface area (Å²) in [4.78, 5) is 21.7. The van der Waals surface area contributed by atoms with Crippen molar-refractivity contribution in [2.45, 2.75) is 38.4 Å². The Kier molecular flexibility index (Phi) is 4.82. The van der Waals surface area contributed by atoms with Gasteiger partial charge in [-0.25, -0.2) is 4.79 Å². The van der Waals surface area contributed by atoms with Crippen LogP contribution in [0.25, 0.3) is 0 Å². The van der Waals surface area contributed by atoms with Gasteiger partial charge in [-0.1, -0.05) is 0 Å². The molecule has 1 aliphatic carbocycles. The summed E-state index contributed by atoms with van der Waals surface area (Å²) in [6.45, 7) is 1.38. The molecule has 0 fully saturated rings. The average molecular weight is 228 g/mol. The molecule has 0 spiro atoms. The number of ether oxygens (including phenoxy) is 3. The maximum absolute atomic E-state index is 10.9. The van der Waals surface area contributed by atoms with Gasteiger partial charge in [-0.2, -0.15) is 0 Å². The lowest BCUT2D eigenvalue weighted by Gasteiger charge is -2.10. The molecule has 0 heterocycles. The van der Waals surface area contributed by atoms with Gasteiger partial charge in [0.15, 0.2) is 0 Å². The molecular formula is C11H16O5. The van der Waals surface area contributed by atoms with E-state index in [9.17, 15) is 9.59 Å². The molecule has 0 aliphatic heterocycles. The van der Waals surface area contributed by atoms with Gasteiger partial charge in [-0.3, -0.25) is 4.79 Å². The molecule has 1 rings (SSSR count). The second-order valence-electron chi connectivity index (χ2n) is 3.57. The van der Waals surface area contributed by atoms with Gasteiger partial charge in [-0.05, 0) is 31.4 Å². The van der Waals surface area contributed by atoms with Crippen molar-refractivity contribution < 1.29 is 23.8 Å². The largest absolute Gasteiger partial charge is 0.508 e. The summed E-state index contributed by atoms with van der Waals surface area (Å²) in [7, 11) is 1.27. The minimum atomic E-state index is -0.694. The third-order valence-corrected chi connectivity index (χ3v) is 2.25. The molecule has 0 radical (unpaired) electrons. The van der Waals surface area contributed by atoms with Crippen LogP contribution in [-0.2, 0) is 19.0 Å². The summed E-state index contributed by atoms with van der Waals surface area (Å²) in [5.74, 6) is -0.304. The van der Waals surface area contributed by atoms with Crippen LogP contribution in [0, 0.1) is 0 Å². The van der Waals surface area contributed by atoms with E-state index in [2.05, 4.69) is 4.74 Å². The van der Waals surface area contributed by atoms with Crippen LogP contribution in [0.4, 0.5) is 4.79 Å². The fourth-order valence-electron chi connectivity index (χ4n) is 1.54. The Hall–Kier alpha value is -1.52. The Morgan fingerprint density at radius 3 is 2.19 bits per heavy atom. The Morgan fingerprint density at radius 1 is 1.12 bits per heavy atom. The highest BCUT2D eigenvalue weighted by molar-refractivity contribution is 5.66. The smallest absolute Gasteiger partial charge is 0.458 e. The first-order valence-electron chi connectivity index (χ1n) is 5.22. The van der Waals surface area contributed by atoms with E-state index in [1.165, 1.54) is 14.0 Å². The van der Waals surface area contributed by atoms with Gasteiger partial charge < -0.3 is 14.2 Å². The third-order valence-electron chi connectivity index (χ3n) is 2.25. The van der Waals surface area contributed by atoms with Crippen LogP contribution in [0.5, 0.6) is 0 Å². The minimum absolute atomic E-state index is 0.219. The van der Waals surface area contributed by atoms with Crippen molar-refractivity contribution in [3.8, 4) is 0 Å². The number of rotatable bonds is 2. The number of hydrogen-bond acceptors (Lipinski definition) is 5. The van der Waals surface area contributed by atoms with Crippen LogP contribution in [0.1, 0.15) is 26.2 Å². The van der Waals surface area contributed by atoms with Crippen LogP contribution in [-0.4, -0.2) is 31.4 Å². The van der Waals surface area contributed by atoms with Crippen LogP contribution in [0.2, 0.25) is 0 Å². The number of carbonyl (C=O) groups excluding carboxylic acids is 2. The van der Waals surface area contributed by atoms with Crippen LogP contribution in [0.15, 0.2) is 12.2 Å². The van der Waals surface area contributed by atoms with Gasteiger partial charge in [0.1, 0.15) is 12.2 Å². The predicted octanol–water partition coefficient (Wildman–Crippen LogP) is 1.81. The summed E-state index contributed by atoms with van der Waals surface area (Å²) in [5, 5.41) is 0. The molecule has 2 atom stereocenters. The van der Waals surface area contributed by atoms with Crippen LogP contribution in [0.3, 0.4) is 0 Å². The molecule has 16 heavy (non-hydrogen) atoms. The fraction of sp³-hybridized carbons (Fsp3) is 0.636. The van der Waals surface area contributed by atoms with Crippen LogP contribution < -0.4 is 0 Å². The standard InChI is InChI=1S/C11H16O5/c1-8(12)15-9-4-3-5-10(7-6-9)16-11(13)14-2/h6-7,9-10H,3-5H2,1-2H3/t9-,10+/m0/s1. The van der Waals surface area contributed by atoms with Crippen molar-refractivity contribution in [3.63, 3.8) is 0 Å². The summed E-state index contributed by atoms with van der Waals surface area (Å²) >= 11 is 0. The van der Waals surface area contributed by atoms with Crippen molar-refractivity contribution in [2.75, 3.05) is 7.11 Å². The van der Waals surface area contributed by atoms with Gasteiger partial charge in [-0.15, -0.1) is 0 Å². The lowest BCUT2D eigenvalue weighted by atomic mass is 10.2. The van der Waals surface area contributed by atoms with E-state index in [0.29, 0.717) is 6.42 Å². The highest BCUT2D eigenvalue weighted by atomic mass is 16.7. The van der Waals surface area contributed by atoms with Gasteiger partial charge in [0, 0.05) is 6.92 Å². The van der Waals surface area contributed by atoms with E-state index < -0.39 is 6.16 Å². The van der Waals surface area contributed by atoms with Gasteiger partial charge in [0.2, 0.25) is 0 Å². The van der Waals surface area contributed by atoms with Crippen molar-refractivity contribution in [3.05, 3.63) is 12.2 Å². The Balaban J connectivity index is 2.46. The second kappa shape index (κ2) is 6.15. The second-order valence-corrected chi connectivity index (χ2v) is 3.57. The zero-order valence-electron chi connectivity index (χ0n) is 9.47. The zero-order chi connectivity index (χ0) is 12.0. The molecule has 0 aromatic heterocycles. The van der Waals surface area contributed by atoms with E-state index >= 15 is 0 Å². The number of methoxy groups -OCH3 is 1. The summed E-state index contributed by atoms with van der Waals surface area (Å²) < 4.78 is 14.4. The van der Waals surface area contributed by atoms with Gasteiger partial charge in [0.05, 0.1) is 7.11 Å².